The summed E-state index contributed by atoms with van der Waals surface area (Å²) in [7, 11) is 0.642. The predicted molar refractivity (Wildman–Crippen MR) is 47.4 cm³/mol. The van der Waals surface area contributed by atoms with Crippen LogP contribution in [0.4, 0.5) is 0 Å². The molecule has 0 aliphatic carbocycles. The lowest BCUT2D eigenvalue weighted by Gasteiger charge is -2.00. The molecule has 0 aromatic carbocycles. The maximum absolute atomic E-state index is 5.36. The Labute approximate surface area is 76.3 Å². The Morgan fingerprint density at radius 1 is 1.58 bits per heavy atom. The van der Waals surface area contributed by atoms with Gasteiger partial charge in [0, 0.05) is 13.2 Å². The molecule has 0 amide bonds. The highest BCUT2D eigenvalue weighted by Crippen LogP contribution is 2.08. The van der Waals surface area contributed by atoms with Gasteiger partial charge in [0.2, 0.25) is 9.76 Å². The van der Waals surface area contributed by atoms with Crippen LogP contribution in [0.15, 0.2) is 0 Å². The maximum Gasteiger partial charge on any atom is 0.229 e. The third kappa shape index (κ3) is 5.71. The fourth-order valence-corrected chi connectivity index (χ4v) is 1.44. The summed E-state index contributed by atoms with van der Waals surface area (Å²) in [4.78, 5) is 0. The fourth-order valence-electron chi connectivity index (χ4n) is 0.800. The molecular formula is C8H16O3Si. The summed E-state index contributed by atoms with van der Waals surface area (Å²) in [6, 6.07) is 1.12. The highest BCUT2D eigenvalue weighted by atomic mass is 28.2. The molecule has 1 heterocycles. The molecule has 4 heteroatoms. The van der Waals surface area contributed by atoms with Crippen molar-refractivity contribution in [2.24, 2.45) is 0 Å². The first-order valence-electron chi connectivity index (χ1n) is 4.47. The molecular weight excluding hydrogens is 172 g/mol. The average Bonchev–Trinajstić information content (AvgIpc) is 2.87. The van der Waals surface area contributed by atoms with E-state index in [1.807, 2.05) is 6.92 Å². The first kappa shape index (κ1) is 10.2. The highest BCUT2D eigenvalue weighted by molar-refractivity contribution is 6.26. The summed E-state index contributed by atoms with van der Waals surface area (Å²) >= 11 is 0. The van der Waals surface area contributed by atoms with Gasteiger partial charge in [-0.25, -0.2) is 0 Å². The van der Waals surface area contributed by atoms with Crippen molar-refractivity contribution in [2.45, 2.75) is 25.5 Å². The third-order valence-corrected chi connectivity index (χ3v) is 2.57. The second-order valence-corrected chi connectivity index (χ2v) is 3.79. The second kappa shape index (κ2) is 6.60. The van der Waals surface area contributed by atoms with Gasteiger partial charge in [-0.2, -0.15) is 0 Å². The lowest BCUT2D eigenvalue weighted by Crippen LogP contribution is -2.04. The maximum atomic E-state index is 5.36. The van der Waals surface area contributed by atoms with E-state index in [1.165, 1.54) is 0 Å². The molecule has 0 bridgehead atoms. The van der Waals surface area contributed by atoms with Crippen LogP contribution in [0.1, 0.15) is 13.3 Å². The van der Waals surface area contributed by atoms with E-state index in [2.05, 4.69) is 0 Å². The van der Waals surface area contributed by atoms with E-state index in [0.29, 0.717) is 15.9 Å². The number of hydrogen-bond donors (Lipinski definition) is 0. The lowest BCUT2D eigenvalue weighted by atomic mass is 10.5. The zero-order chi connectivity index (χ0) is 8.65. The molecule has 0 aromatic heterocycles. The van der Waals surface area contributed by atoms with Gasteiger partial charge < -0.3 is 13.9 Å². The number of rotatable bonds is 8. The molecule has 70 valence electrons. The smallest absolute Gasteiger partial charge is 0.229 e. The molecule has 1 aliphatic rings. The van der Waals surface area contributed by atoms with Gasteiger partial charge in [0.25, 0.3) is 0 Å². The highest BCUT2D eigenvalue weighted by Gasteiger charge is 2.21. The molecule has 1 aliphatic heterocycles. The average molecular weight is 188 g/mol. The largest absolute Gasteiger partial charge is 0.418 e. The molecule has 1 fully saturated rings. The zero-order valence-corrected chi connectivity index (χ0v) is 8.54. The van der Waals surface area contributed by atoms with Crippen LogP contribution in [0.3, 0.4) is 0 Å². The minimum Gasteiger partial charge on any atom is -0.418 e. The van der Waals surface area contributed by atoms with Crippen molar-refractivity contribution in [1.82, 2.24) is 0 Å². The van der Waals surface area contributed by atoms with Gasteiger partial charge in [0.15, 0.2) is 0 Å². The molecule has 0 aromatic rings. The quantitative estimate of drug-likeness (QED) is 0.322. The topological polar surface area (TPSA) is 31.0 Å². The normalized spacial score (nSPS) is 21.2. The Balaban J connectivity index is 1.65. The molecule has 1 atom stereocenters. The zero-order valence-electron chi connectivity index (χ0n) is 7.54. The standard InChI is InChI=1S/C8H16O3Si/c1-2-11-12-5-3-4-9-6-8-7-10-8/h8H,2-7H2,1H3. The van der Waals surface area contributed by atoms with Crippen LogP contribution in [0, 0.1) is 0 Å². The molecule has 12 heavy (non-hydrogen) atoms. The summed E-state index contributed by atoms with van der Waals surface area (Å²) < 4.78 is 15.6. The van der Waals surface area contributed by atoms with Gasteiger partial charge >= 0.3 is 0 Å². The van der Waals surface area contributed by atoms with Crippen LogP contribution < -0.4 is 0 Å². The van der Waals surface area contributed by atoms with Crippen LogP contribution >= 0.6 is 0 Å². The van der Waals surface area contributed by atoms with E-state index in [-0.39, 0.29) is 0 Å². The van der Waals surface area contributed by atoms with Crippen molar-refractivity contribution < 1.29 is 13.9 Å². The van der Waals surface area contributed by atoms with Gasteiger partial charge in [-0.15, -0.1) is 0 Å². The Morgan fingerprint density at radius 2 is 2.42 bits per heavy atom. The summed E-state index contributed by atoms with van der Waals surface area (Å²) in [6.07, 6.45) is 1.50. The van der Waals surface area contributed by atoms with E-state index < -0.39 is 0 Å². The SMILES string of the molecule is CCO[Si]CCCOCC1CO1. The van der Waals surface area contributed by atoms with Crippen molar-refractivity contribution in [3.8, 4) is 0 Å². The molecule has 0 spiro atoms. The van der Waals surface area contributed by atoms with Crippen molar-refractivity contribution in [1.29, 1.82) is 0 Å². The summed E-state index contributed by atoms with van der Waals surface area (Å²) in [5, 5.41) is 0. The Bertz CT molecular complexity index is 106. The summed E-state index contributed by atoms with van der Waals surface area (Å²) in [5.41, 5.74) is 0. The third-order valence-electron chi connectivity index (χ3n) is 1.52. The van der Waals surface area contributed by atoms with Crippen molar-refractivity contribution in [3.05, 3.63) is 0 Å². The predicted octanol–water partition coefficient (Wildman–Crippen LogP) is 0.866. The first-order valence-corrected chi connectivity index (χ1v) is 5.59. The lowest BCUT2D eigenvalue weighted by molar-refractivity contribution is 0.116. The molecule has 0 N–H and O–H groups in total. The van der Waals surface area contributed by atoms with Gasteiger partial charge in [-0.3, -0.25) is 0 Å². The summed E-state index contributed by atoms with van der Waals surface area (Å²) in [5.74, 6) is 0. The van der Waals surface area contributed by atoms with E-state index in [0.717, 1.165) is 38.9 Å². The first-order chi connectivity index (χ1) is 5.93. The monoisotopic (exact) mass is 188 g/mol. The van der Waals surface area contributed by atoms with Crippen molar-refractivity contribution in [3.63, 3.8) is 0 Å². The molecule has 1 unspecified atom stereocenters. The van der Waals surface area contributed by atoms with E-state index in [4.69, 9.17) is 13.9 Å². The minimum atomic E-state index is 0.402. The second-order valence-electron chi connectivity index (χ2n) is 2.71. The molecule has 0 saturated carbocycles. The van der Waals surface area contributed by atoms with Gasteiger partial charge in [-0.05, 0) is 19.4 Å². The molecule has 3 nitrogen and oxygen atoms in total. The van der Waals surface area contributed by atoms with E-state index >= 15 is 0 Å². The van der Waals surface area contributed by atoms with Gasteiger partial charge in [0.05, 0.1) is 13.2 Å². The van der Waals surface area contributed by atoms with E-state index in [1.54, 1.807) is 0 Å². The van der Waals surface area contributed by atoms with Crippen molar-refractivity contribution in [2.75, 3.05) is 26.4 Å². The Kier molecular flexibility index (Phi) is 5.59. The molecule has 2 radical (unpaired) electrons. The Morgan fingerprint density at radius 3 is 3.08 bits per heavy atom. The van der Waals surface area contributed by atoms with Gasteiger partial charge in [-0.1, -0.05) is 0 Å². The number of ether oxygens (including phenoxy) is 2. The molecule has 1 saturated heterocycles. The van der Waals surface area contributed by atoms with Crippen molar-refractivity contribution >= 4 is 9.76 Å². The van der Waals surface area contributed by atoms with Crippen LogP contribution in [0.2, 0.25) is 6.04 Å². The Hall–Kier alpha value is 0.0969. The molecule has 1 rings (SSSR count). The number of epoxide rings is 1. The van der Waals surface area contributed by atoms with Crippen LogP contribution in [-0.2, 0) is 13.9 Å². The fraction of sp³-hybridized carbons (Fsp3) is 1.00. The number of hydrogen-bond acceptors (Lipinski definition) is 3. The van der Waals surface area contributed by atoms with Crippen LogP contribution in [0.5, 0.6) is 0 Å². The minimum absolute atomic E-state index is 0.402. The van der Waals surface area contributed by atoms with Crippen LogP contribution in [0.25, 0.3) is 0 Å². The summed E-state index contributed by atoms with van der Waals surface area (Å²) in [6.45, 7) is 5.36. The van der Waals surface area contributed by atoms with Crippen LogP contribution in [-0.4, -0.2) is 42.3 Å². The van der Waals surface area contributed by atoms with E-state index in [9.17, 15) is 0 Å². The van der Waals surface area contributed by atoms with Gasteiger partial charge in [0.1, 0.15) is 6.10 Å².